The smallest absolute Gasteiger partial charge is 0.397 e. The Morgan fingerprint density at radius 2 is 0.880 bits per heavy atom. The fraction of sp³-hybridized carbons (Fsp3) is 0.459. The average Bonchev–Trinajstić information content (AvgIpc) is 3.24. The van der Waals surface area contributed by atoms with Gasteiger partial charge in [0.1, 0.15) is 78.1 Å². The summed E-state index contributed by atoms with van der Waals surface area (Å²) >= 11 is 0. The average molecular weight is 1370 g/mol. The summed E-state index contributed by atoms with van der Waals surface area (Å²) in [6.07, 6.45) is -22.9. The Kier molecular flexibility index (Phi) is 39.3. The zero-order chi connectivity index (χ0) is 57.3. The number of aromatic carboxylic acids is 1. The first-order chi connectivity index (χ1) is 34.7. The molecule has 33 nitrogen and oxygen atoms in total. The van der Waals surface area contributed by atoms with Gasteiger partial charge in [-0.25, -0.2) is 29.9 Å². The van der Waals surface area contributed by atoms with Crippen LogP contribution in [-0.4, -0.2) is 377 Å². The van der Waals surface area contributed by atoms with E-state index in [9.17, 15) is 92.5 Å². The summed E-state index contributed by atoms with van der Waals surface area (Å²) in [4.78, 5) is 27.1. The molecule has 2 aliphatic heterocycles. The van der Waals surface area contributed by atoms with E-state index in [-0.39, 0.29) is 229 Å². The molecule has 1 aromatic heterocycles. The van der Waals surface area contributed by atoms with Crippen molar-refractivity contribution in [3.05, 3.63) is 76.7 Å². The number of benzene rings is 2. The number of hydrogen-bond acceptors (Lipinski definition) is 26. The van der Waals surface area contributed by atoms with E-state index in [1.165, 1.54) is 31.4 Å². The zero-order valence-corrected chi connectivity index (χ0v) is 64.6. The van der Waals surface area contributed by atoms with Gasteiger partial charge in [0.2, 0.25) is 11.2 Å². The predicted molar refractivity (Wildman–Crippen MR) is 287 cm³/mol. The van der Waals surface area contributed by atoms with E-state index in [1.807, 2.05) is 0 Å². The van der Waals surface area contributed by atoms with Gasteiger partial charge in [0, 0.05) is 232 Å². The molecule has 0 unspecified atom stereocenters. The third kappa shape index (κ3) is 28.1. The fourth-order valence-corrected chi connectivity index (χ4v) is 10.9. The first-order valence-corrected chi connectivity index (χ1v) is 28.8. The standard InChI is InChI=1S/C37H44O33S6.7Na/c1-16(10-25-32(67-73(47,48)49)35(69-75(53,54)55)30(18(3)62-25)65-71(41,42)43)14-60-22-12-23(28-24(13-22)64-34(37(39)40)27(29(28)38)20-6-8-21(59-5)9-7-20)61-15-17(2)11-26-33(68-74(50,51)52)36(70-76(56,57)58)31(19(4)63-26)66-72(44,45)46;;;;;;;/h6-9,12-13,18-19,25-26,30-33,35-36H,1-2,10-11,14-15H2,3-5H3,(H,39,40)(H,41,42,43)(H,44,45,46)(H,47,48,49)(H,50,51,52)(H,53,54,55)(H,56,57,58);;;;;;;/t18-,19-,25-,26-,30+,31+,32+,33+,35+,36+;;;;;;;/m0......./s1. The Morgan fingerprint density at radius 3 is 1.23 bits per heavy atom. The van der Waals surface area contributed by atoms with Crippen LogP contribution in [0.4, 0.5) is 0 Å². The number of hydrogen-bond donors (Lipinski definition) is 7. The van der Waals surface area contributed by atoms with E-state index >= 15 is 0 Å². The molecule has 10 atom stereocenters. The van der Waals surface area contributed by atoms with E-state index in [0.717, 1.165) is 26.0 Å². The van der Waals surface area contributed by atoms with Crippen LogP contribution < -0.4 is 19.6 Å². The van der Waals surface area contributed by atoms with Crippen molar-refractivity contribution in [1.29, 1.82) is 0 Å². The Hall–Kier alpha value is 2.14. The summed E-state index contributed by atoms with van der Waals surface area (Å²) in [7, 11) is -32.2. The van der Waals surface area contributed by atoms with Gasteiger partial charge in [-0.3, -0.25) is 32.1 Å². The van der Waals surface area contributed by atoms with E-state index in [1.54, 1.807) is 0 Å². The summed E-state index contributed by atoms with van der Waals surface area (Å²) in [5.41, 5.74) is -2.48. The molecule has 3 aromatic rings. The van der Waals surface area contributed by atoms with Crippen LogP contribution >= 0.6 is 0 Å². The summed E-state index contributed by atoms with van der Waals surface area (Å²) in [5, 5.41) is 9.75. The number of fused-ring (bicyclic) bond motifs is 1. The van der Waals surface area contributed by atoms with Crippen molar-refractivity contribution in [3.8, 4) is 28.4 Å². The Morgan fingerprint density at radius 1 is 0.530 bits per heavy atom. The molecule has 0 bridgehead atoms. The molecule has 5 rings (SSSR count). The second kappa shape index (κ2) is 36.6. The summed E-state index contributed by atoms with van der Waals surface area (Å²) in [5.74, 6) is -3.24. The van der Waals surface area contributed by atoms with Crippen LogP contribution in [0.2, 0.25) is 0 Å². The zero-order valence-electron chi connectivity index (χ0n) is 45.7. The molecular formula is C37H44Na7O33S6. The van der Waals surface area contributed by atoms with E-state index < -0.39 is 189 Å². The molecule has 83 heavy (non-hydrogen) atoms. The van der Waals surface area contributed by atoms with Crippen LogP contribution in [0.5, 0.6) is 17.2 Å². The molecule has 0 saturated carbocycles. The van der Waals surface area contributed by atoms with Gasteiger partial charge in [0.05, 0.1) is 37.1 Å². The number of carboxylic acid groups (broad SMARTS) is 1. The minimum absolute atomic E-state index is 0. The minimum atomic E-state index is -5.65. The topological polar surface area (TPSA) is 495 Å². The number of ether oxygens (including phenoxy) is 5. The third-order valence-corrected chi connectivity index (χ3v) is 13.3. The van der Waals surface area contributed by atoms with Gasteiger partial charge >= 0.3 is 68.4 Å². The Balaban J connectivity index is -0.00000914. The van der Waals surface area contributed by atoms with E-state index in [4.69, 9.17) is 28.1 Å². The molecule has 2 aromatic carbocycles. The summed E-state index contributed by atoms with van der Waals surface area (Å²) in [6.45, 7) is 8.11. The maximum Gasteiger partial charge on any atom is 0.397 e. The molecule has 7 N–H and O–H groups in total. The molecule has 0 aliphatic carbocycles. The second-order valence-corrected chi connectivity index (χ2v) is 22.4. The molecule has 7 radical (unpaired) electrons. The van der Waals surface area contributed by atoms with Gasteiger partial charge in [0.25, 0.3) is 0 Å². The van der Waals surface area contributed by atoms with Crippen molar-refractivity contribution in [2.75, 3.05) is 20.3 Å². The first-order valence-electron chi connectivity index (χ1n) is 20.6. The van der Waals surface area contributed by atoms with Crippen LogP contribution in [0.3, 0.4) is 0 Å². The van der Waals surface area contributed by atoms with Crippen molar-refractivity contribution >= 4 is 286 Å². The quantitative estimate of drug-likeness (QED) is 0.0270. The first kappa shape index (κ1) is 89.3. The number of carbonyl (C=O) groups is 1. The SMILES string of the molecule is C=C(COc1cc(OCC(=C)C[C@@H]2O[C@@H](C)[C@@H](OS(=O)(=O)O)[C@@H](OS(=O)(=O)O)[C@@H]2OS(=O)(=O)O)c2c(=O)c(-c3ccc(OC)cc3)c(C(=O)O)oc2c1)C[C@@H]1O[C@@H](C)[C@@H](OS(=O)(=O)O)[C@@H](OS(=O)(=O)O)[C@@H]1OS(=O)(=O)O.[Na].[Na].[Na].[Na].[Na].[Na].[Na]. The third-order valence-electron chi connectivity index (χ3n) is 10.5. The van der Waals surface area contributed by atoms with Gasteiger partial charge in [0.15, 0.2) is 0 Å². The largest absolute Gasteiger partial charge is 0.497 e. The minimum Gasteiger partial charge on any atom is -0.497 e. The van der Waals surface area contributed by atoms with Gasteiger partial charge in [-0.1, -0.05) is 25.3 Å². The van der Waals surface area contributed by atoms with Gasteiger partial charge < -0.3 is 33.2 Å². The van der Waals surface area contributed by atoms with Crippen LogP contribution in [0, 0.1) is 0 Å². The second-order valence-electron chi connectivity index (χ2n) is 16.1. The van der Waals surface area contributed by atoms with Crippen molar-refractivity contribution in [1.82, 2.24) is 0 Å². The van der Waals surface area contributed by atoms with Crippen LogP contribution in [0.25, 0.3) is 22.1 Å². The Labute approximate surface area is 630 Å². The number of rotatable bonds is 25. The van der Waals surface area contributed by atoms with Crippen LogP contribution in [-0.2, 0) is 97.0 Å². The molecule has 2 aliphatic rings. The maximum atomic E-state index is 14.5. The van der Waals surface area contributed by atoms with Gasteiger partial charge in [-0.05, 0) is 42.7 Å². The molecule has 433 valence electrons. The molecule has 46 heteroatoms. The fourth-order valence-electron chi connectivity index (χ4n) is 7.76. The van der Waals surface area contributed by atoms with E-state index in [2.05, 4.69) is 38.3 Å². The van der Waals surface area contributed by atoms with Gasteiger partial charge in [-0.15, -0.1) is 0 Å². The van der Waals surface area contributed by atoms with E-state index in [0.29, 0.717) is 5.75 Å². The molecule has 3 heterocycles. The van der Waals surface area contributed by atoms with Crippen molar-refractivity contribution < 1.29 is 141 Å². The predicted octanol–water partition coefficient (Wildman–Crippen LogP) is -2.15. The Bertz CT molecular complexity index is 3480. The van der Waals surface area contributed by atoms with Crippen molar-refractivity contribution in [2.45, 2.75) is 87.7 Å². The molecule has 2 saturated heterocycles. The van der Waals surface area contributed by atoms with Gasteiger partial charge in [-0.2, -0.15) is 50.5 Å². The molecule has 0 spiro atoms. The number of carboxylic acids is 1. The molecule has 2 fully saturated rings. The van der Waals surface area contributed by atoms with Crippen LogP contribution in [0.15, 0.2) is 69.9 Å². The number of methoxy groups -OCH3 is 1. The molecular weight excluding hydrogens is 1330 g/mol. The molecule has 0 amide bonds. The van der Waals surface area contributed by atoms with Crippen LogP contribution in [0.1, 0.15) is 37.2 Å². The van der Waals surface area contributed by atoms with Crippen molar-refractivity contribution in [3.63, 3.8) is 0 Å². The monoisotopic (exact) mass is 1370 g/mol. The summed E-state index contributed by atoms with van der Waals surface area (Å²) < 4.78 is 259. The normalized spacial score (nSPS) is 22.8. The maximum absolute atomic E-state index is 14.5. The summed E-state index contributed by atoms with van der Waals surface area (Å²) in [6, 6.07) is 7.41. The van der Waals surface area contributed by atoms with Crippen molar-refractivity contribution in [2.24, 2.45) is 0 Å².